The van der Waals surface area contributed by atoms with Crippen LogP contribution in [0.15, 0.2) is 17.1 Å². The fourth-order valence-electron chi connectivity index (χ4n) is 2.29. The first kappa shape index (κ1) is 19.0. The minimum atomic E-state index is 0.378. The van der Waals surface area contributed by atoms with E-state index in [9.17, 15) is 5.26 Å². The molecule has 0 atom stereocenters. The summed E-state index contributed by atoms with van der Waals surface area (Å²) in [6, 6.07) is 5.56. The molecule has 0 aliphatic carbocycles. The number of ether oxygens (including phenoxy) is 4. The van der Waals surface area contributed by atoms with Gasteiger partial charge in [-0.25, -0.2) is 4.99 Å². The number of fused-ring (bicyclic) bond motifs is 1. The van der Waals surface area contributed by atoms with Gasteiger partial charge in [-0.2, -0.15) is 5.26 Å². The monoisotopic (exact) mass is 347 g/mol. The maximum Gasteiger partial charge on any atom is 0.163 e. The maximum atomic E-state index is 9.42. The lowest BCUT2D eigenvalue weighted by Crippen LogP contribution is -2.16. The molecule has 0 bridgehead atoms. The smallest absolute Gasteiger partial charge is 0.163 e. The molecule has 0 saturated carbocycles. The molecule has 1 aliphatic heterocycles. The first-order chi connectivity index (χ1) is 12.2. The summed E-state index contributed by atoms with van der Waals surface area (Å²) >= 11 is 0. The van der Waals surface area contributed by atoms with Crippen LogP contribution in [0.5, 0.6) is 11.5 Å². The van der Waals surface area contributed by atoms with E-state index in [1.807, 2.05) is 11.9 Å². The number of aliphatic imine (C=N–C) groups is 1. The topological polar surface area (TPSA) is 76.3 Å². The van der Waals surface area contributed by atoms with Crippen molar-refractivity contribution in [1.29, 1.82) is 5.26 Å². The minimum absolute atomic E-state index is 0.378. The van der Waals surface area contributed by atoms with Crippen LogP contribution >= 0.6 is 0 Å². The van der Waals surface area contributed by atoms with E-state index in [0.29, 0.717) is 62.4 Å². The predicted molar refractivity (Wildman–Crippen MR) is 94.9 cm³/mol. The summed E-state index contributed by atoms with van der Waals surface area (Å²) in [7, 11) is 1.95. The predicted octanol–water partition coefficient (Wildman–Crippen LogP) is 2.36. The number of hydrogen-bond acceptors (Lipinski definition) is 6. The van der Waals surface area contributed by atoms with Crippen LogP contribution in [0.4, 0.5) is 5.69 Å². The van der Waals surface area contributed by atoms with E-state index in [4.69, 9.17) is 18.9 Å². The lowest BCUT2D eigenvalue weighted by atomic mass is 10.1. The van der Waals surface area contributed by atoms with Crippen LogP contribution in [-0.4, -0.2) is 64.5 Å². The molecule has 0 saturated heterocycles. The number of rotatable bonds is 4. The second-order valence-corrected chi connectivity index (χ2v) is 5.57. The molecular weight excluding hydrogens is 322 g/mol. The van der Waals surface area contributed by atoms with Crippen LogP contribution in [0.2, 0.25) is 0 Å². The zero-order valence-electron chi connectivity index (χ0n) is 14.9. The average Bonchev–Trinajstić information content (AvgIpc) is 2.60. The maximum absolute atomic E-state index is 9.42. The molecule has 7 nitrogen and oxygen atoms in total. The van der Waals surface area contributed by atoms with Crippen LogP contribution in [0, 0.1) is 11.3 Å². The van der Waals surface area contributed by atoms with E-state index >= 15 is 0 Å². The van der Waals surface area contributed by atoms with Gasteiger partial charge in [0.2, 0.25) is 0 Å². The van der Waals surface area contributed by atoms with Crippen molar-refractivity contribution in [1.82, 2.24) is 4.90 Å². The SMILES string of the molecule is CCCN(C)/C=N/c1cc2c(cc1C#N)OCCOCCOCCO2. The quantitative estimate of drug-likeness (QED) is 0.615. The van der Waals surface area contributed by atoms with Crippen LogP contribution in [-0.2, 0) is 9.47 Å². The van der Waals surface area contributed by atoms with E-state index in [-0.39, 0.29) is 0 Å². The van der Waals surface area contributed by atoms with Crippen molar-refractivity contribution in [3.8, 4) is 17.6 Å². The van der Waals surface area contributed by atoms with E-state index in [1.54, 1.807) is 18.5 Å². The molecule has 136 valence electrons. The van der Waals surface area contributed by atoms with Crippen molar-refractivity contribution < 1.29 is 18.9 Å². The highest BCUT2D eigenvalue weighted by molar-refractivity contribution is 5.68. The van der Waals surface area contributed by atoms with Crippen LogP contribution < -0.4 is 9.47 Å². The highest BCUT2D eigenvalue weighted by atomic mass is 16.6. The van der Waals surface area contributed by atoms with Crippen molar-refractivity contribution in [3.05, 3.63) is 17.7 Å². The van der Waals surface area contributed by atoms with Crippen LogP contribution in [0.1, 0.15) is 18.9 Å². The molecule has 2 rings (SSSR count). The normalized spacial score (nSPS) is 15.9. The second-order valence-electron chi connectivity index (χ2n) is 5.57. The summed E-state index contributed by atoms with van der Waals surface area (Å²) < 4.78 is 22.3. The highest BCUT2D eigenvalue weighted by Crippen LogP contribution is 2.35. The number of benzene rings is 1. The molecule has 1 heterocycles. The summed E-state index contributed by atoms with van der Waals surface area (Å²) in [5.74, 6) is 1.06. The van der Waals surface area contributed by atoms with E-state index < -0.39 is 0 Å². The number of nitrogens with zero attached hydrogens (tertiary/aromatic N) is 3. The molecule has 1 aromatic carbocycles. The van der Waals surface area contributed by atoms with Gasteiger partial charge in [0.15, 0.2) is 11.5 Å². The Hall–Kier alpha value is -2.30. The third-order valence-corrected chi connectivity index (χ3v) is 3.50. The van der Waals surface area contributed by atoms with E-state index in [1.165, 1.54) is 0 Å². The van der Waals surface area contributed by atoms with Crippen molar-refractivity contribution in [2.24, 2.45) is 4.99 Å². The van der Waals surface area contributed by atoms with Crippen LogP contribution in [0.3, 0.4) is 0 Å². The van der Waals surface area contributed by atoms with Gasteiger partial charge < -0.3 is 23.8 Å². The van der Waals surface area contributed by atoms with Gasteiger partial charge in [-0.3, -0.25) is 0 Å². The average molecular weight is 347 g/mol. The van der Waals surface area contributed by atoms with Gasteiger partial charge in [0.05, 0.1) is 44.0 Å². The van der Waals surface area contributed by atoms with Crippen molar-refractivity contribution in [2.75, 3.05) is 53.2 Å². The Morgan fingerprint density at radius 2 is 1.68 bits per heavy atom. The first-order valence-electron chi connectivity index (χ1n) is 8.48. The number of hydrogen-bond donors (Lipinski definition) is 0. The Kier molecular flexibility index (Phi) is 8.02. The fourth-order valence-corrected chi connectivity index (χ4v) is 2.29. The molecule has 0 unspecified atom stereocenters. The highest BCUT2D eigenvalue weighted by Gasteiger charge is 2.13. The largest absolute Gasteiger partial charge is 0.487 e. The van der Waals surface area contributed by atoms with Gasteiger partial charge >= 0.3 is 0 Å². The second kappa shape index (κ2) is 10.5. The lowest BCUT2D eigenvalue weighted by Gasteiger charge is -2.16. The molecule has 1 aromatic rings. The molecule has 1 aliphatic rings. The van der Waals surface area contributed by atoms with Gasteiger partial charge in [0.1, 0.15) is 19.3 Å². The summed E-state index contributed by atoms with van der Waals surface area (Å²) in [6.07, 6.45) is 2.75. The Morgan fingerprint density at radius 1 is 1.08 bits per heavy atom. The van der Waals surface area contributed by atoms with Gasteiger partial charge in [0, 0.05) is 25.7 Å². The summed E-state index contributed by atoms with van der Waals surface area (Å²) in [6.45, 7) is 5.73. The van der Waals surface area contributed by atoms with Gasteiger partial charge in [0.25, 0.3) is 0 Å². The Labute approximate surface area is 148 Å². The van der Waals surface area contributed by atoms with E-state index in [0.717, 1.165) is 13.0 Å². The molecule has 25 heavy (non-hydrogen) atoms. The number of nitriles is 1. The lowest BCUT2D eigenvalue weighted by molar-refractivity contribution is 0.0223. The molecule has 0 spiro atoms. The Morgan fingerprint density at radius 3 is 2.28 bits per heavy atom. The van der Waals surface area contributed by atoms with Crippen molar-refractivity contribution in [3.63, 3.8) is 0 Å². The molecule has 0 radical (unpaired) electrons. The van der Waals surface area contributed by atoms with Crippen molar-refractivity contribution in [2.45, 2.75) is 13.3 Å². The third kappa shape index (κ3) is 6.25. The summed E-state index contributed by atoms with van der Waals surface area (Å²) in [5, 5.41) is 9.42. The third-order valence-electron chi connectivity index (χ3n) is 3.50. The van der Waals surface area contributed by atoms with Gasteiger partial charge in [-0.05, 0) is 6.42 Å². The molecular formula is C18H25N3O4. The summed E-state index contributed by atoms with van der Waals surface area (Å²) in [4.78, 5) is 6.40. The van der Waals surface area contributed by atoms with Crippen LogP contribution in [0.25, 0.3) is 0 Å². The zero-order valence-corrected chi connectivity index (χ0v) is 14.9. The zero-order chi connectivity index (χ0) is 17.9. The molecule has 7 heteroatoms. The van der Waals surface area contributed by atoms with E-state index in [2.05, 4.69) is 18.0 Å². The Balaban J connectivity index is 2.23. The molecule has 0 N–H and O–H groups in total. The Bertz CT molecular complexity index is 613. The van der Waals surface area contributed by atoms with Gasteiger partial charge in [-0.15, -0.1) is 0 Å². The summed E-state index contributed by atoms with van der Waals surface area (Å²) in [5.41, 5.74) is 0.991. The fraction of sp³-hybridized carbons (Fsp3) is 0.556. The van der Waals surface area contributed by atoms with Gasteiger partial charge in [-0.1, -0.05) is 6.92 Å². The van der Waals surface area contributed by atoms with Crippen molar-refractivity contribution >= 4 is 12.0 Å². The molecule has 0 aromatic heterocycles. The minimum Gasteiger partial charge on any atom is -0.487 e. The standard InChI is InChI=1S/C18H25N3O4/c1-3-4-21(2)14-20-16-12-18-17(11-15(16)13-19)24-9-7-22-5-6-23-8-10-25-18/h11-12,14H,3-10H2,1-2H3/b20-14+. The molecule has 0 amide bonds. The first-order valence-corrected chi connectivity index (χ1v) is 8.48. The molecule has 0 fully saturated rings.